The molecule has 0 saturated carbocycles. The van der Waals surface area contributed by atoms with E-state index in [1.165, 1.54) is 0 Å². The molecule has 3 rings (SSSR count). The molecule has 0 radical (unpaired) electrons. The maximum atomic E-state index is 13.6. The Morgan fingerprint density at radius 1 is 0.960 bits per heavy atom. The molecule has 1 aromatic heterocycles. The minimum absolute atomic E-state index is 0.162. The predicted octanol–water partition coefficient (Wildman–Crippen LogP) is 3.66. The van der Waals surface area contributed by atoms with Crippen LogP contribution in [0.5, 0.6) is 17.5 Å². The fourth-order valence-corrected chi connectivity index (χ4v) is 2.11. The molecule has 25 heavy (non-hydrogen) atoms. The number of aromatic nitrogens is 2. The van der Waals surface area contributed by atoms with E-state index in [0.29, 0.717) is 11.5 Å². The zero-order valence-electron chi connectivity index (χ0n) is 13.0. The van der Waals surface area contributed by atoms with Gasteiger partial charge in [-0.25, -0.2) is 18.7 Å². The second kappa shape index (κ2) is 7.67. The number of rotatable bonds is 6. The second-order valence-electron chi connectivity index (χ2n) is 5.10. The van der Waals surface area contributed by atoms with Crippen molar-refractivity contribution < 1.29 is 23.4 Å². The smallest absolute Gasteiger partial charge is 0.321 e. The number of nitrogens with zero attached hydrogens (tertiary/aromatic N) is 2. The molecule has 128 valence electrons. The Labute approximate surface area is 142 Å². The number of aliphatic hydroxyl groups is 1. The molecule has 2 aromatic carbocycles. The van der Waals surface area contributed by atoms with Crippen LogP contribution in [0.4, 0.5) is 8.78 Å². The maximum Gasteiger partial charge on any atom is 0.321 e. The molecular weight excluding hydrogens is 330 g/mol. The lowest BCUT2D eigenvalue weighted by atomic mass is 10.1. The molecule has 1 unspecified atom stereocenters. The van der Waals surface area contributed by atoms with Crippen LogP contribution >= 0.6 is 0 Å². The Morgan fingerprint density at radius 2 is 1.72 bits per heavy atom. The maximum absolute atomic E-state index is 13.6. The van der Waals surface area contributed by atoms with Crippen LogP contribution in [0.2, 0.25) is 0 Å². The summed E-state index contributed by atoms with van der Waals surface area (Å²) < 4.78 is 37.7. The van der Waals surface area contributed by atoms with Gasteiger partial charge in [-0.1, -0.05) is 6.07 Å². The van der Waals surface area contributed by atoms with Crippen LogP contribution in [-0.4, -0.2) is 21.7 Å². The summed E-state index contributed by atoms with van der Waals surface area (Å²) in [5.74, 6) is -0.496. The van der Waals surface area contributed by atoms with Gasteiger partial charge in [-0.3, -0.25) is 0 Å². The first-order valence-corrected chi connectivity index (χ1v) is 7.42. The van der Waals surface area contributed by atoms with Crippen LogP contribution in [0.15, 0.2) is 60.9 Å². The summed E-state index contributed by atoms with van der Waals surface area (Å²) in [6.07, 6.45) is 1.79. The number of aliphatic hydroxyl groups excluding tert-OH is 1. The lowest BCUT2D eigenvalue weighted by molar-refractivity contribution is 0.104. The molecule has 0 aliphatic carbocycles. The van der Waals surface area contributed by atoms with E-state index < -0.39 is 17.7 Å². The molecule has 0 bridgehead atoms. The van der Waals surface area contributed by atoms with Crippen LogP contribution in [0, 0.1) is 11.6 Å². The fourth-order valence-electron chi connectivity index (χ4n) is 2.11. The van der Waals surface area contributed by atoms with Crippen molar-refractivity contribution in [3.63, 3.8) is 0 Å². The van der Waals surface area contributed by atoms with Crippen LogP contribution < -0.4 is 9.47 Å². The zero-order chi connectivity index (χ0) is 17.6. The van der Waals surface area contributed by atoms with Gasteiger partial charge in [-0.2, -0.15) is 0 Å². The first-order chi connectivity index (χ1) is 12.1. The van der Waals surface area contributed by atoms with Crippen LogP contribution in [0.25, 0.3) is 0 Å². The Kier molecular flexibility index (Phi) is 5.15. The quantitative estimate of drug-likeness (QED) is 0.739. The van der Waals surface area contributed by atoms with E-state index in [4.69, 9.17) is 9.47 Å². The van der Waals surface area contributed by atoms with E-state index in [1.807, 2.05) is 0 Å². The van der Waals surface area contributed by atoms with E-state index in [9.17, 15) is 13.9 Å². The van der Waals surface area contributed by atoms with Crippen molar-refractivity contribution in [2.24, 2.45) is 0 Å². The molecule has 1 N–H and O–H groups in total. The Bertz CT molecular complexity index is 847. The molecular formula is C18H14F2N2O3. The largest absolute Gasteiger partial charge is 0.490 e. The third-order valence-electron chi connectivity index (χ3n) is 3.28. The third-order valence-corrected chi connectivity index (χ3v) is 3.28. The molecule has 0 fully saturated rings. The Morgan fingerprint density at radius 3 is 2.52 bits per heavy atom. The molecule has 0 aliphatic rings. The summed E-state index contributed by atoms with van der Waals surface area (Å²) in [4.78, 5) is 7.89. The molecule has 0 saturated heterocycles. The molecule has 1 atom stereocenters. The molecule has 3 aromatic rings. The lowest BCUT2D eigenvalue weighted by Crippen LogP contribution is -2.11. The molecule has 0 amide bonds. The van der Waals surface area contributed by atoms with Gasteiger partial charge in [-0.05, 0) is 36.4 Å². The number of benzene rings is 2. The summed E-state index contributed by atoms with van der Waals surface area (Å²) in [7, 11) is 0. The van der Waals surface area contributed by atoms with Crippen molar-refractivity contribution in [1.82, 2.24) is 9.97 Å². The van der Waals surface area contributed by atoms with Crippen molar-refractivity contribution >= 4 is 0 Å². The normalized spacial score (nSPS) is 11.8. The van der Waals surface area contributed by atoms with E-state index in [2.05, 4.69) is 9.97 Å². The number of halogens is 2. The topological polar surface area (TPSA) is 64.5 Å². The summed E-state index contributed by atoms with van der Waals surface area (Å²) >= 11 is 0. The van der Waals surface area contributed by atoms with E-state index >= 15 is 0 Å². The highest BCUT2D eigenvalue weighted by Gasteiger charge is 2.15. The van der Waals surface area contributed by atoms with Crippen molar-refractivity contribution in [2.45, 2.75) is 6.10 Å². The molecule has 0 aliphatic heterocycles. The van der Waals surface area contributed by atoms with Crippen molar-refractivity contribution in [2.75, 3.05) is 6.61 Å². The second-order valence-corrected chi connectivity index (χ2v) is 5.10. The van der Waals surface area contributed by atoms with Gasteiger partial charge in [-0.15, -0.1) is 0 Å². The van der Waals surface area contributed by atoms with Gasteiger partial charge in [0.25, 0.3) is 0 Å². The Balaban J connectivity index is 1.65. The van der Waals surface area contributed by atoms with Gasteiger partial charge in [0.1, 0.15) is 35.8 Å². The van der Waals surface area contributed by atoms with E-state index in [0.717, 1.165) is 18.2 Å². The first-order valence-electron chi connectivity index (χ1n) is 7.42. The van der Waals surface area contributed by atoms with Gasteiger partial charge in [0.15, 0.2) is 0 Å². The van der Waals surface area contributed by atoms with Crippen LogP contribution in [0.3, 0.4) is 0 Å². The molecule has 5 nitrogen and oxygen atoms in total. The minimum atomic E-state index is -1.31. The highest BCUT2D eigenvalue weighted by molar-refractivity contribution is 5.34. The Hall–Kier alpha value is -3.06. The number of ether oxygens (including phenoxy) is 2. The molecule has 7 heteroatoms. The van der Waals surface area contributed by atoms with Crippen molar-refractivity contribution in [1.29, 1.82) is 0 Å². The molecule has 1 heterocycles. The highest BCUT2D eigenvalue weighted by atomic mass is 19.1. The number of hydrogen-bond acceptors (Lipinski definition) is 5. The number of hydrogen-bond donors (Lipinski definition) is 1. The summed E-state index contributed by atoms with van der Waals surface area (Å²) in [6, 6.07) is 11.3. The van der Waals surface area contributed by atoms with E-state index in [1.54, 1.807) is 42.7 Å². The fraction of sp³-hybridized carbons (Fsp3) is 0.111. The van der Waals surface area contributed by atoms with Crippen molar-refractivity contribution in [3.8, 4) is 17.5 Å². The van der Waals surface area contributed by atoms with Crippen LogP contribution in [0.1, 0.15) is 11.7 Å². The lowest BCUT2D eigenvalue weighted by Gasteiger charge is -2.14. The van der Waals surface area contributed by atoms with Gasteiger partial charge in [0, 0.05) is 24.0 Å². The predicted molar refractivity (Wildman–Crippen MR) is 85.4 cm³/mol. The van der Waals surface area contributed by atoms with Crippen molar-refractivity contribution in [3.05, 3.63) is 78.1 Å². The highest BCUT2D eigenvalue weighted by Crippen LogP contribution is 2.25. The van der Waals surface area contributed by atoms with Gasteiger partial charge >= 0.3 is 6.01 Å². The zero-order valence-corrected chi connectivity index (χ0v) is 13.0. The average molecular weight is 344 g/mol. The summed E-state index contributed by atoms with van der Waals surface area (Å²) in [5.41, 5.74) is -0.162. The summed E-state index contributed by atoms with van der Waals surface area (Å²) in [6.45, 7) is -0.244. The van der Waals surface area contributed by atoms with Gasteiger partial charge in [0.2, 0.25) is 0 Å². The third kappa shape index (κ3) is 4.48. The molecule has 0 spiro atoms. The SMILES string of the molecule is OC(COc1cccc(Oc2ncccn2)c1)c1cc(F)ccc1F. The van der Waals surface area contributed by atoms with Crippen LogP contribution in [-0.2, 0) is 0 Å². The minimum Gasteiger partial charge on any atom is -0.490 e. The summed E-state index contributed by atoms with van der Waals surface area (Å²) in [5, 5.41) is 10.0. The monoisotopic (exact) mass is 344 g/mol. The standard InChI is InChI=1S/C18H14F2N2O3/c19-12-5-6-16(20)15(9-12)17(23)11-24-13-3-1-4-14(10-13)25-18-21-7-2-8-22-18/h1-10,17,23H,11H2. The average Bonchev–Trinajstić information content (AvgIpc) is 2.63. The van der Waals surface area contributed by atoms with E-state index in [-0.39, 0.29) is 18.2 Å². The van der Waals surface area contributed by atoms with Gasteiger partial charge < -0.3 is 14.6 Å². The first kappa shape index (κ1) is 16.8. The van der Waals surface area contributed by atoms with Gasteiger partial charge in [0.05, 0.1) is 0 Å².